The molecule has 140 valence electrons. The van der Waals surface area contributed by atoms with Crippen LogP contribution < -0.4 is 11.0 Å². The quantitative estimate of drug-likeness (QED) is 0.418. The highest BCUT2D eigenvalue weighted by atomic mass is 32.1. The molecule has 4 aromatic heterocycles. The molecule has 0 radical (unpaired) electrons. The minimum Gasteiger partial charge on any atom is -0.339 e. The van der Waals surface area contributed by atoms with Crippen molar-refractivity contribution < 1.29 is 0 Å². The predicted octanol–water partition coefficient (Wildman–Crippen LogP) is 3.94. The Morgan fingerprint density at radius 2 is 1.97 bits per heavy atom. The van der Waals surface area contributed by atoms with Crippen LogP contribution in [0, 0.1) is 0 Å². The third-order valence-electron chi connectivity index (χ3n) is 4.78. The number of aromatic nitrogens is 6. The van der Waals surface area contributed by atoms with Crippen LogP contribution in [0.2, 0.25) is 0 Å². The van der Waals surface area contributed by atoms with Gasteiger partial charge in [0.2, 0.25) is 5.95 Å². The second kappa shape index (κ2) is 6.01. The van der Waals surface area contributed by atoms with Crippen LogP contribution in [-0.4, -0.2) is 29.7 Å². The first-order valence-corrected chi connectivity index (χ1v) is 9.80. The monoisotopic (exact) mass is 399 g/mol. The zero-order valence-electron chi connectivity index (χ0n) is 14.9. The van der Waals surface area contributed by atoms with Crippen LogP contribution in [0.15, 0.2) is 64.9 Å². The molecular weight excluding hydrogens is 386 g/mol. The van der Waals surface area contributed by atoms with Gasteiger partial charge in [0.15, 0.2) is 5.82 Å². The molecule has 3 N–H and O–H groups in total. The summed E-state index contributed by atoms with van der Waals surface area (Å²) in [4.78, 5) is 24.8. The zero-order valence-corrected chi connectivity index (χ0v) is 15.7. The molecule has 0 aliphatic heterocycles. The Kier molecular flexibility index (Phi) is 3.32. The summed E-state index contributed by atoms with van der Waals surface area (Å²) in [6.45, 7) is 0. The Labute approximate surface area is 166 Å². The van der Waals surface area contributed by atoms with Crippen LogP contribution in [0.1, 0.15) is 0 Å². The summed E-state index contributed by atoms with van der Waals surface area (Å²) in [7, 11) is 0. The number of nitrogens with one attached hydrogen (secondary N) is 3. The molecule has 4 heterocycles. The summed E-state index contributed by atoms with van der Waals surface area (Å²) < 4.78 is 2.42. The van der Waals surface area contributed by atoms with Crippen molar-refractivity contribution in [3.8, 4) is 5.95 Å². The molecule has 2 aromatic carbocycles. The zero-order chi connectivity index (χ0) is 19.4. The molecule has 0 aliphatic carbocycles. The van der Waals surface area contributed by atoms with Crippen molar-refractivity contribution in [2.75, 3.05) is 5.32 Å². The van der Waals surface area contributed by atoms with Crippen molar-refractivity contribution in [2.24, 2.45) is 0 Å². The van der Waals surface area contributed by atoms with Gasteiger partial charge in [-0.2, -0.15) is 10.1 Å². The lowest BCUT2D eigenvalue weighted by Crippen LogP contribution is -2.17. The number of anilines is 2. The molecule has 0 atom stereocenters. The van der Waals surface area contributed by atoms with Gasteiger partial charge in [-0.1, -0.05) is 12.1 Å². The topological polar surface area (TPSA) is 104 Å². The standard InChI is InChI=1S/C20H13N7OS/c28-20-24-14-3-1-2-4-16(14)27(20)19-23-15-7-8-29-17(15)18(25-19)22-12-5-6-13-11(9-12)10-21-26-13/h1-10H,(H,21,26)(H,24,28)(H,22,23,25). The fourth-order valence-corrected chi connectivity index (χ4v) is 4.22. The van der Waals surface area contributed by atoms with Gasteiger partial charge in [0, 0.05) is 11.1 Å². The fourth-order valence-electron chi connectivity index (χ4n) is 3.45. The van der Waals surface area contributed by atoms with Gasteiger partial charge in [-0.25, -0.2) is 14.3 Å². The van der Waals surface area contributed by atoms with Crippen LogP contribution >= 0.6 is 11.3 Å². The average molecular weight is 399 g/mol. The van der Waals surface area contributed by atoms with Crippen molar-refractivity contribution in [3.05, 3.63) is 70.6 Å². The summed E-state index contributed by atoms with van der Waals surface area (Å²) in [6, 6.07) is 15.3. The maximum Gasteiger partial charge on any atom is 0.333 e. The van der Waals surface area contributed by atoms with E-state index in [-0.39, 0.29) is 5.69 Å². The van der Waals surface area contributed by atoms with E-state index in [9.17, 15) is 4.79 Å². The molecule has 0 saturated heterocycles. The number of thiophene rings is 1. The third kappa shape index (κ3) is 2.52. The summed E-state index contributed by atoms with van der Waals surface area (Å²) in [5.41, 5.74) is 3.83. The maximum atomic E-state index is 12.6. The van der Waals surface area contributed by atoms with E-state index in [1.807, 2.05) is 53.9 Å². The van der Waals surface area contributed by atoms with E-state index in [4.69, 9.17) is 4.98 Å². The highest BCUT2D eigenvalue weighted by Gasteiger charge is 2.15. The number of benzene rings is 2. The predicted molar refractivity (Wildman–Crippen MR) is 114 cm³/mol. The number of fused-ring (bicyclic) bond motifs is 3. The van der Waals surface area contributed by atoms with E-state index in [0.717, 1.165) is 37.8 Å². The van der Waals surface area contributed by atoms with Gasteiger partial charge in [-0.15, -0.1) is 11.3 Å². The van der Waals surface area contributed by atoms with Gasteiger partial charge in [0.05, 0.1) is 33.0 Å². The van der Waals surface area contributed by atoms with E-state index in [1.54, 1.807) is 17.5 Å². The van der Waals surface area contributed by atoms with E-state index in [1.165, 1.54) is 4.57 Å². The van der Waals surface area contributed by atoms with Crippen LogP contribution in [0.5, 0.6) is 0 Å². The van der Waals surface area contributed by atoms with Crippen molar-refractivity contribution in [3.63, 3.8) is 0 Å². The number of hydrogen-bond acceptors (Lipinski definition) is 6. The lowest BCUT2D eigenvalue weighted by molar-refractivity contribution is 0.925. The first-order valence-electron chi connectivity index (χ1n) is 8.92. The number of H-pyrrole nitrogens is 2. The maximum absolute atomic E-state index is 12.6. The molecule has 0 amide bonds. The van der Waals surface area contributed by atoms with Gasteiger partial charge in [0.25, 0.3) is 0 Å². The molecule has 0 fully saturated rings. The number of imidazole rings is 1. The Hall–Kier alpha value is -3.98. The number of nitrogens with zero attached hydrogens (tertiary/aromatic N) is 4. The number of aromatic amines is 2. The summed E-state index contributed by atoms with van der Waals surface area (Å²) in [6.07, 6.45) is 1.78. The lowest BCUT2D eigenvalue weighted by atomic mass is 10.2. The molecule has 8 nitrogen and oxygen atoms in total. The number of rotatable bonds is 3. The van der Waals surface area contributed by atoms with Crippen molar-refractivity contribution in [1.29, 1.82) is 0 Å². The third-order valence-corrected chi connectivity index (χ3v) is 5.69. The van der Waals surface area contributed by atoms with Crippen molar-refractivity contribution in [2.45, 2.75) is 0 Å². The van der Waals surface area contributed by atoms with E-state index in [2.05, 4.69) is 25.5 Å². The summed E-state index contributed by atoms with van der Waals surface area (Å²) >= 11 is 1.55. The average Bonchev–Trinajstić information content (AvgIpc) is 3.44. The van der Waals surface area contributed by atoms with E-state index < -0.39 is 0 Å². The van der Waals surface area contributed by atoms with Crippen LogP contribution in [-0.2, 0) is 0 Å². The molecule has 0 bridgehead atoms. The molecule has 0 spiro atoms. The van der Waals surface area contributed by atoms with Crippen molar-refractivity contribution in [1.82, 2.24) is 29.7 Å². The largest absolute Gasteiger partial charge is 0.339 e. The smallest absolute Gasteiger partial charge is 0.333 e. The summed E-state index contributed by atoms with van der Waals surface area (Å²) in [5.74, 6) is 0.977. The highest BCUT2D eigenvalue weighted by molar-refractivity contribution is 7.17. The van der Waals surface area contributed by atoms with Gasteiger partial charge >= 0.3 is 5.69 Å². The molecule has 29 heavy (non-hydrogen) atoms. The van der Waals surface area contributed by atoms with Crippen LogP contribution in [0.25, 0.3) is 38.1 Å². The SMILES string of the molecule is O=c1[nH]c2ccccc2n1-c1nc(Nc2ccc3[nH]ncc3c2)c2sccc2n1. The molecule has 0 saturated carbocycles. The Morgan fingerprint density at radius 3 is 2.93 bits per heavy atom. The fraction of sp³-hybridized carbons (Fsp3) is 0. The van der Waals surface area contributed by atoms with Gasteiger partial charge in [0.1, 0.15) is 0 Å². The van der Waals surface area contributed by atoms with E-state index >= 15 is 0 Å². The summed E-state index contributed by atoms with van der Waals surface area (Å²) in [5, 5.41) is 13.3. The minimum absolute atomic E-state index is 0.272. The molecule has 0 unspecified atom stereocenters. The Balaban J connectivity index is 1.54. The van der Waals surface area contributed by atoms with Crippen LogP contribution in [0.3, 0.4) is 0 Å². The first-order chi connectivity index (χ1) is 14.3. The van der Waals surface area contributed by atoms with Gasteiger partial charge < -0.3 is 10.3 Å². The Morgan fingerprint density at radius 1 is 1.03 bits per heavy atom. The number of hydrogen-bond donors (Lipinski definition) is 3. The minimum atomic E-state index is -0.272. The van der Waals surface area contributed by atoms with Crippen LogP contribution in [0.4, 0.5) is 11.5 Å². The molecule has 0 aliphatic rings. The molecule has 9 heteroatoms. The normalized spacial score (nSPS) is 11.6. The molecule has 6 rings (SSSR count). The highest BCUT2D eigenvalue weighted by Crippen LogP contribution is 2.30. The Bertz CT molecular complexity index is 1570. The second-order valence-electron chi connectivity index (χ2n) is 6.59. The molecule has 6 aromatic rings. The van der Waals surface area contributed by atoms with Gasteiger partial charge in [-0.3, -0.25) is 5.10 Å². The second-order valence-corrected chi connectivity index (χ2v) is 7.50. The number of para-hydroxylation sites is 2. The molecular formula is C20H13N7OS. The van der Waals surface area contributed by atoms with E-state index in [0.29, 0.717) is 11.8 Å². The lowest BCUT2D eigenvalue weighted by Gasteiger charge is -2.09. The van der Waals surface area contributed by atoms with Crippen molar-refractivity contribution >= 4 is 55.0 Å². The van der Waals surface area contributed by atoms with Gasteiger partial charge in [-0.05, 0) is 41.8 Å². The first kappa shape index (κ1) is 16.0.